The normalized spacial score (nSPS) is 10.8. The molecular weight excluding hydrogens is 440 g/mol. The minimum absolute atomic E-state index is 0.120. The van der Waals surface area contributed by atoms with E-state index < -0.39 is 5.97 Å². The van der Waals surface area contributed by atoms with Crippen LogP contribution in [0.25, 0.3) is 16.5 Å². The molecule has 0 aliphatic rings. The number of ether oxygens (including phenoxy) is 2. The zero-order valence-corrected chi connectivity index (χ0v) is 19.3. The molecule has 0 spiro atoms. The van der Waals surface area contributed by atoms with E-state index in [1.165, 1.54) is 11.3 Å². The monoisotopic (exact) mass is 462 g/mol. The topological polar surface area (TPSA) is 96.2 Å². The van der Waals surface area contributed by atoms with Gasteiger partial charge in [-0.2, -0.15) is 0 Å². The molecule has 0 atom stereocenters. The van der Waals surface area contributed by atoms with Crippen molar-refractivity contribution in [3.8, 4) is 22.3 Å². The van der Waals surface area contributed by atoms with Crippen molar-refractivity contribution in [2.24, 2.45) is 0 Å². The van der Waals surface area contributed by atoms with Crippen molar-refractivity contribution in [3.05, 3.63) is 76.8 Å². The number of Topliss-reactive ketones (excluding diaryl/α,β-unsaturated/α-hetero) is 1. The molecule has 33 heavy (non-hydrogen) atoms. The molecule has 0 saturated carbocycles. The Morgan fingerprint density at radius 1 is 1.09 bits per heavy atom. The van der Waals surface area contributed by atoms with Gasteiger partial charge in [-0.25, -0.2) is 19.7 Å². The molecule has 0 radical (unpaired) electrons. The number of hydrogen-bond donors (Lipinski definition) is 0. The number of carbonyl (C=O) groups is 2. The summed E-state index contributed by atoms with van der Waals surface area (Å²) >= 11 is 1.24. The second-order valence-corrected chi connectivity index (χ2v) is 8.01. The molecule has 168 valence electrons. The maximum atomic E-state index is 12.8. The molecular formula is C24H22N4O4S. The molecule has 4 rings (SSSR count). The lowest BCUT2D eigenvalue weighted by atomic mass is 10.1. The van der Waals surface area contributed by atoms with Crippen LogP contribution in [0.15, 0.2) is 54.2 Å². The fourth-order valence-corrected chi connectivity index (χ4v) is 4.20. The van der Waals surface area contributed by atoms with Crippen molar-refractivity contribution >= 4 is 23.1 Å². The van der Waals surface area contributed by atoms with E-state index in [1.807, 2.05) is 49.6 Å². The molecule has 1 aromatic carbocycles. The van der Waals surface area contributed by atoms with Crippen LogP contribution in [-0.2, 0) is 4.74 Å². The van der Waals surface area contributed by atoms with Gasteiger partial charge >= 0.3 is 5.97 Å². The summed E-state index contributed by atoms with van der Waals surface area (Å²) < 4.78 is 12.7. The highest BCUT2D eigenvalue weighted by atomic mass is 32.1. The zero-order chi connectivity index (χ0) is 23.4. The zero-order valence-electron chi connectivity index (χ0n) is 18.4. The number of aromatic nitrogens is 4. The lowest BCUT2D eigenvalue weighted by Gasteiger charge is -2.11. The summed E-state index contributed by atoms with van der Waals surface area (Å²) in [5.74, 6) is 0.271. The molecule has 3 aromatic heterocycles. The van der Waals surface area contributed by atoms with Gasteiger partial charge in [0.25, 0.3) is 0 Å². The summed E-state index contributed by atoms with van der Waals surface area (Å²) in [6, 6.07) is 11.2. The maximum Gasteiger partial charge on any atom is 0.358 e. The van der Waals surface area contributed by atoms with E-state index in [0.717, 1.165) is 22.8 Å². The average molecular weight is 463 g/mol. The van der Waals surface area contributed by atoms with E-state index in [1.54, 1.807) is 29.9 Å². The van der Waals surface area contributed by atoms with Gasteiger partial charge in [-0.05, 0) is 57.2 Å². The van der Waals surface area contributed by atoms with Crippen LogP contribution in [0.3, 0.4) is 0 Å². The average Bonchev–Trinajstić information content (AvgIpc) is 3.44. The van der Waals surface area contributed by atoms with Gasteiger partial charge in [-0.1, -0.05) is 0 Å². The maximum absolute atomic E-state index is 12.8. The van der Waals surface area contributed by atoms with Gasteiger partial charge < -0.3 is 14.0 Å². The van der Waals surface area contributed by atoms with Crippen LogP contribution in [-0.4, -0.2) is 44.5 Å². The first-order valence-electron chi connectivity index (χ1n) is 10.3. The third-order valence-corrected chi connectivity index (χ3v) is 5.78. The summed E-state index contributed by atoms with van der Waals surface area (Å²) in [6.07, 6.45) is 3.20. The van der Waals surface area contributed by atoms with Crippen LogP contribution < -0.4 is 4.74 Å². The number of thiazole rings is 1. The summed E-state index contributed by atoms with van der Waals surface area (Å²) in [5.41, 5.74) is 3.22. The van der Waals surface area contributed by atoms with Crippen molar-refractivity contribution in [1.82, 2.24) is 19.5 Å². The molecule has 0 saturated heterocycles. The number of benzene rings is 1. The van der Waals surface area contributed by atoms with Gasteiger partial charge in [0.15, 0.2) is 23.1 Å². The Hall–Kier alpha value is -3.85. The number of esters is 1. The Balaban J connectivity index is 1.44. The Kier molecular flexibility index (Phi) is 6.60. The van der Waals surface area contributed by atoms with Gasteiger partial charge in [0, 0.05) is 40.4 Å². The lowest BCUT2D eigenvalue weighted by molar-refractivity contribution is 0.0469. The standard InChI is InChI=1S/C24H22N4O4S/c1-4-31-18-8-6-17(7-9-18)28-15(2)12-19(16(28)3)21(29)13-32-24(30)20-14-33-23(27-20)22-25-10-5-11-26-22/h5-12,14H,4,13H2,1-3H3. The van der Waals surface area contributed by atoms with Gasteiger partial charge in [0.2, 0.25) is 5.78 Å². The third-order valence-electron chi connectivity index (χ3n) is 4.94. The van der Waals surface area contributed by atoms with E-state index in [9.17, 15) is 9.59 Å². The first-order chi connectivity index (χ1) is 16.0. The SMILES string of the molecule is CCOc1ccc(-n2c(C)cc(C(=O)COC(=O)c3csc(-c4ncccn4)n3)c2C)cc1. The first-order valence-corrected chi connectivity index (χ1v) is 11.2. The first kappa shape index (κ1) is 22.3. The number of rotatable bonds is 8. The number of carbonyl (C=O) groups excluding carboxylic acids is 2. The van der Waals surface area contributed by atoms with Crippen molar-refractivity contribution in [2.75, 3.05) is 13.2 Å². The fraction of sp³-hybridized carbons (Fsp3) is 0.208. The molecule has 0 N–H and O–H groups in total. The van der Waals surface area contributed by atoms with Crippen LogP contribution in [0, 0.1) is 13.8 Å². The Morgan fingerprint density at radius 2 is 1.82 bits per heavy atom. The van der Waals surface area contributed by atoms with E-state index >= 15 is 0 Å². The van der Waals surface area contributed by atoms with Crippen LogP contribution in [0.5, 0.6) is 5.75 Å². The molecule has 0 amide bonds. The second-order valence-electron chi connectivity index (χ2n) is 7.16. The fourth-order valence-electron chi connectivity index (χ4n) is 3.46. The van der Waals surface area contributed by atoms with E-state index in [2.05, 4.69) is 15.0 Å². The molecule has 8 nitrogen and oxygen atoms in total. The molecule has 0 aliphatic carbocycles. The number of hydrogen-bond acceptors (Lipinski definition) is 8. The molecule has 3 heterocycles. The summed E-state index contributed by atoms with van der Waals surface area (Å²) in [6.45, 7) is 5.95. The number of ketones is 1. The van der Waals surface area contributed by atoms with Crippen molar-refractivity contribution in [1.29, 1.82) is 0 Å². The smallest absolute Gasteiger partial charge is 0.358 e. The quantitative estimate of drug-likeness (QED) is 0.282. The highest BCUT2D eigenvalue weighted by Gasteiger charge is 2.20. The van der Waals surface area contributed by atoms with Crippen molar-refractivity contribution < 1.29 is 19.1 Å². The predicted octanol–water partition coefficient (Wildman–Crippen LogP) is 4.45. The largest absolute Gasteiger partial charge is 0.494 e. The number of nitrogens with zero attached hydrogens (tertiary/aromatic N) is 4. The Bertz CT molecular complexity index is 1280. The third kappa shape index (κ3) is 4.83. The summed E-state index contributed by atoms with van der Waals surface area (Å²) in [4.78, 5) is 37.7. The summed E-state index contributed by atoms with van der Waals surface area (Å²) in [5, 5.41) is 2.07. The molecule has 0 bridgehead atoms. The highest BCUT2D eigenvalue weighted by Crippen LogP contribution is 2.24. The Morgan fingerprint density at radius 3 is 2.52 bits per heavy atom. The van der Waals surface area contributed by atoms with Gasteiger partial charge in [-0.3, -0.25) is 4.79 Å². The second kappa shape index (κ2) is 9.74. The minimum Gasteiger partial charge on any atom is -0.494 e. The molecule has 9 heteroatoms. The van der Waals surface area contributed by atoms with E-state index in [0.29, 0.717) is 23.0 Å². The highest BCUT2D eigenvalue weighted by molar-refractivity contribution is 7.13. The summed E-state index contributed by atoms with van der Waals surface area (Å²) in [7, 11) is 0. The lowest BCUT2D eigenvalue weighted by Crippen LogP contribution is -2.15. The van der Waals surface area contributed by atoms with E-state index in [4.69, 9.17) is 9.47 Å². The van der Waals surface area contributed by atoms with Crippen LogP contribution >= 0.6 is 11.3 Å². The predicted molar refractivity (Wildman–Crippen MR) is 124 cm³/mol. The van der Waals surface area contributed by atoms with Gasteiger partial charge in [-0.15, -0.1) is 11.3 Å². The van der Waals surface area contributed by atoms with E-state index in [-0.39, 0.29) is 18.1 Å². The number of aryl methyl sites for hydroxylation is 1. The molecule has 0 unspecified atom stereocenters. The van der Waals surface area contributed by atoms with Crippen molar-refractivity contribution in [3.63, 3.8) is 0 Å². The van der Waals surface area contributed by atoms with Crippen LogP contribution in [0.2, 0.25) is 0 Å². The van der Waals surface area contributed by atoms with Crippen LogP contribution in [0.4, 0.5) is 0 Å². The Labute approximate surface area is 194 Å². The van der Waals surface area contributed by atoms with Gasteiger partial charge in [0.1, 0.15) is 5.75 Å². The molecule has 0 aliphatic heterocycles. The van der Waals surface area contributed by atoms with Crippen LogP contribution in [0.1, 0.15) is 39.2 Å². The van der Waals surface area contributed by atoms with Gasteiger partial charge in [0.05, 0.1) is 6.61 Å². The molecule has 0 fully saturated rings. The minimum atomic E-state index is -0.665. The molecule has 4 aromatic rings. The van der Waals surface area contributed by atoms with Crippen molar-refractivity contribution in [2.45, 2.75) is 20.8 Å².